The van der Waals surface area contributed by atoms with E-state index >= 15 is 0 Å². The zero-order valence-electron chi connectivity index (χ0n) is 16.8. The number of aromatic nitrogens is 1. The molecule has 9 heteroatoms. The van der Waals surface area contributed by atoms with Gasteiger partial charge in [-0.25, -0.2) is 13.4 Å². The minimum absolute atomic E-state index is 0.0743. The Labute approximate surface area is 180 Å². The molecule has 3 aromatic rings. The van der Waals surface area contributed by atoms with Crippen LogP contribution in [-0.2, 0) is 14.8 Å². The third kappa shape index (κ3) is 5.58. The summed E-state index contributed by atoms with van der Waals surface area (Å²) in [6.45, 7) is 5.87. The average molecular weight is 446 g/mol. The van der Waals surface area contributed by atoms with Gasteiger partial charge in [0.25, 0.3) is 15.9 Å². The van der Waals surface area contributed by atoms with Crippen molar-refractivity contribution < 1.29 is 17.9 Å². The number of hydrogen-bond acceptors (Lipinski definition) is 6. The van der Waals surface area contributed by atoms with Crippen molar-refractivity contribution in [2.45, 2.75) is 37.7 Å². The van der Waals surface area contributed by atoms with Crippen molar-refractivity contribution in [3.63, 3.8) is 0 Å². The van der Waals surface area contributed by atoms with E-state index in [0.29, 0.717) is 22.5 Å². The van der Waals surface area contributed by atoms with Crippen LogP contribution in [0.5, 0.6) is 5.75 Å². The zero-order chi connectivity index (χ0) is 21.7. The maximum absolute atomic E-state index is 12.4. The van der Waals surface area contributed by atoms with E-state index in [1.54, 1.807) is 12.3 Å². The molecular formula is C21H23N3O4S2. The maximum Gasteiger partial charge on any atom is 0.265 e. The third-order valence-electron chi connectivity index (χ3n) is 4.32. The highest BCUT2D eigenvalue weighted by Gasteiger charge is 2.18. The van der Waals surface area contributed by atoms with Gasteiger partial charge in [0.1, 0.15) is 5.75 Å². The van der Waals surface area contributed by atoms with Crippen LogP contribution >= 0.6 is 11.3 Å². The number of benzene rings is 2. The number of rotatable bonds is 8. The van der Waals surface area contributed by atoms with Gasteiger partial charge in [-0.05, 0) is 54.8 Å². The number of anilines is 2. The number of amides is 1. The SMILES string of the molecule is CC(C)c1ccc(O[C@H](C)C(=O)Nc2ccc(S(=O)(=O)Nc3nccs3)cc2)cc1. The van der Waals surface area contributed by atoms with Gasteiger partial charge in [0.2, 0.25) is 0 Å². The number of thiazole rings is 1. The van der Waals surface area contributed by atoms with Crippen molar-refractivity contribution in [1.82, 2.24) is 4.98 Å². The van der Waals surface area contributed by atoms with Gasteiger partial charge in [-0.2, -0.15) is 0 Å². The van der Waals surface area contributed by atoms with E-state index in [0.717, 1.165) is 0 Å². The number of nitrogens with zero attached hydrogens (tertiary/aromatic N) is 1. The molecule has 0 saturated carbocycles. The first-order valence-electron chi connectivity index (χ1n) is 9.34. The molecule has 0 fully saturated rings. The first-order valence-corrected chi connectivity index (χ1v) is 11.7. The van der Waals surface area contributed by atoms with Gasteiger partial charge in [-0.3, -0.25) is 9.52 Å². The second kappa shape index (κ2) is 9.27. The lowest BCUT2D eigenvalue weighted by molar-refractivity contribution is -0.122. The second-order valence-electron chi connectivity index (χ2n) is 6.94. The molecule has 0 radical (unpaired) electrons. The van der Waals surface area contributed by atoms with Crippen molar-refractivity contribution in [2.24, 2.45) is 0 Å². The van der Waals surface area contributed by atoms with E-state index in [9.17, 15) is 13.2 Å². The van der Waals surface area contributed by atoms with Crippen LogP contribution in [0.1, 0.15) is 32.3 Å². The Kier molecular flexibility index (Phi) is 6.73. The first-order chi connectivity index (χ1) is 14.2. The summed E-state index contributed by atoms with van der Waals surface area (Å²) in [5.41, 5.74) is 1.66. The number of hydrogen-bond donors (Lipinski definition) is 2. The Morgan fingerprint density at radius 1 is 1.03 bits per heavy atom. The minimum atomic E-state index is -3.73. The maximum atomic E-state index is 12.4. The Bertz CT molecular complexity index is 1080. The predicted molar refractivity (Wildman–Crippen MR) is 119 cm³/mol. The number of carbonyl (C=O) groups excluding carboxylic acids is 1. The van der Waals surface area contributed by atoms with Crippen LogP contribution in [-0.4, -0.2) is 25.4 Å². The topological polar surface area (TPSA) is 97.4 Å². The third-order valence-corrected chi connectivity index (χ3v) is 6.49. The summed E-state index contributed by atoms with van der Waals surface area (Å²) in [6.07, 6.45) is 0.799. The van der Waals surface area contributed by atoms with E-state index in [4.69, 9.17) is 4.74 Å². The van der Waals surface area contributed by atoms with E-state index in [1.165, 1.54) is 47.4 Å². The molecule has 3 rings (SSSR count). The van der Waals surface area contributed by atoms with E-state index in [1.807, 2.05) is 24.3 Å². The summed E-state index contributed by atoms with van der Waals surface area (Å²) in [4.78, 5) is 16.4. The highest BCUT2D eigenvalue weighted by Crippen LogP contribution is 2.21. The molecule has 2 aromatic carbocycles. The highest BCUT2D eigenvalue weighted by atomic mass is 32.2. The number of nitrogens with one attached hydrogen (secondary N) is 2. The molecule has 0 aliphatic rings. The fraction of sp³-hybridized carbons (Fsp3) is 0.238. The molecule has 0 aliphatic carbocycles. The van der Waals surface area contributed by atoms with Crippen molar-refractivity contribution >= 4 is 38.1 Å². The lowest BCUT2D eigenvalue weighted by Crippen LogP contribution is -2.30. The van der Waals surface area contributed by atoms with E-state index in [-0.39, 0.29) is 10.8 Å². The molecule has 30 heavy (non-hydrogen) atoms. The molecule has 7 nitrogen and oxygen atoms in total. The Morgan fingerprint density at radius 2 is 1.70 bits per heavy atom. The van der Waals surface area contributed by atoms with Gasteiger partial charge in [-0.15, -0.1) is 11.3 Å². The smallest absolute Gasteiger partial charge is 0.265 e. The largest absolute Gasteiger partial charge is 0.481 e. The normalized spacial score (nSPS) is 12.4. The van der Waals surface area contributed by atoms with Gasteiger partial charge in [-0.1, -0.05) is 26.0 Å². The molecule has 0 aliphatic heterocycles. The number of ether oxygens (including phenoxy) is 1. The summed E-state index contributed by atoms with van der Waals surface area (Å²) >= 11 is 1.19. The van der Waals surface area contributed by atoms with Crippen molar-refractivity contribution in [1.29, 1.82) is 0 Å². The zero-order valence-corrected chi connectivity index (χ0v) is 18.5. The first kappa shape index (κ1) is 21.8. The standard InChI is InChI=1S/C21H23N3O4S2/c1-14(2)16-4-8-18(9-5-16)28-15(3)20(25)23-17-6-10-19(11-7-17)30(26,27)24-21-22-12-13-29-21/h4-15H,1-3H3,(H,22,24)(H,23,25)/t15-/m1/s1. The molecule has 0 spiro atoms. The van der Waals surface area contributed by atoms with Crippen LogP contribution < -0.4 is 14.8 Å². The van der Waals surface area contributed by atoms with Crippen LogP contribution in [0.25, 0.3) is 0 Å². The fourth-order valence-corrected chi connectivity index (χ4v) is 4.39. The molecule has 0 saturated heterocycles. The van der Waals surface area contributed by atoms with Gasteiger partial charge in [0.05, 0.1) is 4.90 Å². The molecule has 1 amide bonds. The lowest BCUT2D eigenvalue weighted by Gasteiger charge is -2.15. The molecule has 1 atom stereocenters. The lowest BCUT2D eigenvalue weighted by atomic mass is 10.0. The van der Waals surface area contributed by atoms with Crippen LogP contribution in [0.3, 0.4) is 0 Å². The summed E-state index contributed by atoms with van der Waals surface area (Å²) in [5.74, 6) is 0.694. The number of carbonyl (C=O) groups is 1. The molecular weight excluding hydrogens is 422 g/mol. The van der Waals surface area contributed by atoms with Gasteiger partial charge < -0.3 is 10.1 Å². The quantitative estimate of drug-likeness (QED) is 0.533. The Hall–Kier alpha value is -2.91. The van der Waals surface area contributed by atoms with Crippen molar-refractivity contribution in [2.75, 3.05) is 10.0 Å². The van der Waals surface area contributed by atoms with Gasteiger partial charge >= 0.3 is 0 Å². The highest BCUT2D eigenvalue weighted by molar-refractivity contribution is 7.93. The fourth-order valence-electron chi connectivity index (χ4n) is 2.60. The molecule has 1 aromatic heterocycles. The predicted octanol–water partition coefficient (Wildman–Crippen LogP) is 4.47. The van der Waals surface area contributed by atoms with Crippen LogP contribution in [0.2, 0.25) is 0 Å². The monoisotopic (exact) mass is 445 g/mol. The van der Waals surface area contributed by atoms with Gasteiger partial charge in [0.15, 0.2) is 11.2 Å². The van der Waals surface area contributed by atoms with Crippen molar-refractivity contribution in [3.8, 4) is 5.75 Å². The Morgan fingerprint density at radius 3 is 2.27 bits per heavy atom. The number of sulfonamides is 1. The second-order valence-corrected chi connectivity index (χ2v) is 9.52. The molecule has 2 N–H and O–H groups in total. The van der Waals surface area contributed by atoms with Crippen LogP contribution in [0.15, 0.2) is 65.0 Å². The Balaban J connectivity index is 1.59. The molecule has 1 heterocycles. The summed E-state index contributed by atoms with van der Waals surface area (Å²) in [6, 6.07) is 13.5. The summed E-state index contributed by atoms with van der Waals surface area (Å²) in [7, 11) is -3.73. The molecule has 0 unspecified atom stereocenters. The minimum Gasteiger partial charge on any atom is -0.481 e. The van der Waals surface area contributed by atoms with Crippen LogP contribution in [0.4, 0.5) is 10.8 Å². The molecule has 0 bridgehead atoms. The summed E-state index contributed by atoms with van der Waals surface area (Å²) < 4.78 is 32.8. The average Bonchev–Trinajstić information content (AvgIpc) is 3.21. The van der Waals surface area contributed by atoms with E-state index < -0.39 is 16.1 Å². The van der Waals surface area contributed by atoms with Crippen molar-refractivity contribution in [3.05, 3.63) is 65.7 Å². The van der Waals surface area contributed by atoms with Gasteiger partial charge in [0, 0.05) is 17.3 Å². The molecule has 158 valence electrons. The van der Waals surface area contributed by atoms with E-state index in [2.05, 4.69) is 28.9 Å². The van der Waals surface area contributed by atoms with Crippen LogP contribution in [0, 0.1) is 0 Å². The summed E-state index contributed by atoms with van der Waals surface area (Å²) in [5, 5.41) is 4.70.